The summed E-state index contributed by atoms with van der Waals surface area (Å²) in [6.45, 7) is 3.62. The fourth-order valence-electron chi connectivity index (χ4n) is 4.65. The highest BCUT2D eigenvalue weighted by molar-refractivity contribution is 8.00. The summed E-state index contributed by atoms with van der Waals surface area (Å²) in [5.74, 6) is -0.980. The third-order valence-corrected chi connectivity index (χ3v) is 10.6. The molecule has 208 valence electrons. The number of thiophene rings is 1. The molecular formula is C28H29N5O4S3. The van der Waals surface area contributed by atoms with E-state index in [1.54, 1.807) is 35.8 Å². The number of nitrogens with zero attached hydrogens (tertiary/aromatic N) is 3. The van der Waals surface area contributed by atoms with Crippen molar-refractivity contribution in [1.29, 1.82) is 0 Å². The first-order valence-electron chi connectivity index (χ1n) is 12.8. The van der Waals surface area contributed by atoms with Crippen LogP contribution in [0.4, 0.5) is 5.00 Å². The van der Waals surface area contributed by atoms with E-state index in [0.29, 0.717) is 21.4 Å². The summed E-state index contributed by atoms with van der Waals surface area (Å²) in [6, 6.07) is 15.9. The van der Waals surface area contributed by atoms with Crippen LogP contribution in [0.1, 0.15) is 52.0 Å². The first-order chi connectivity index (χ1) is 19.1. The number of para-hydroxylation sites is 1. The lowest BCUT2D eigenvalue weighted by Gasteiger charge is -2.14. The topological polar surface area (TPSA) is 137 Å². The summed E-state index contributed by atoms with van der Waals surface area (Å²) in [5.41, 5.74) is 8.68. The Bertz CT molecular complexity index is 1660. The lowest BCUT2D eigenvalue weighted by molar-refractivity contribution is -0.115. The molecule has 1 atom stereocenters. The maximum absolute atomic E-state index is 13.3. The second-order valence-electron chi connectivity index (χ2n) is 9.67. The number of fused-ring (bicyclic) bond motifs is 1. The van der Waals surface area contributed by atoms with Gasteiger partial charge in [0, 0.05) is 10.6 Å². The van der Waals surface area contributed by atoms with Crippen LogP contribution >= 0.6 is 23.1 Å². The average Bonchev–Trinajstić information content (AvgIpc) is 3.49. The number of primary amides is 1. The van der Waals surface area contributed by atoms with Crippen LogP contribution in [0.2, 0.25) is 0 Å². The maximum Gasteiger partial charge on any atom is 0.251 e. The Kier molecular flexibility index (Phi) is 8.11. The zero-order valence-electron chi connectivity index (χ0n) is 22.1. The molecule has 0 radical (unpaired) electrons. The molecule has 4 aromatic rings. The number of amides is 2. The van der Waals surface area contributed by atoms with Crippen molar-refractivity contribution in [1.82, 2.24) is 14.8 Å². The summed E-state index contributed by atoms with van der Waals surface area (Å²) in [5, 5.41) is 11.6. The summed E-state index contributed by atoms with van der Waals surface area (Å²) < 4.78 is 28.1. The average molecular weight is 596 g/mol. The van der Waals surface area contributed by atoms with Crippen LogP contribution in [-0.4, -0.2) is 40.2 Å². The van der Waals surface area contributed by atoms with E-state index in [9.17, 15) is 18.0 Å². The number of anilines is 1. The van der Waals surface area contributed by atoms with E-state index in [-0.39, 0.29) is 22.4 Å². The Hall–Kier alpha value is -3.48. The van der Waals surface area contributed by atoms with Crippen molar-refractivity contribution < 1.29 is 18.0 Å². The van der Waals surface area contributed by atoms with Crippen LogP contribution in [0.3, 0.4) is 0 Å². The highest BCUT2D eigenvalue weighted by atomic mass is 32.2. The highest BCUT2D eigenvalue weighted by Crippen LogP contribution is 2.38. The number of carbonyl (C=O) groups excluding carboxylic acids is 2. The molecule has 12 heteroatoms. The number of hydrogen-bond donors (Lipinski definition) is 2. The van der Waals surface area contributed by atoms with E-state index < -0.39 is 21.0 Å². The van der Waals surface area contributed by atoms with Gasteiger partial charge in [-0.25, -0.2) is 8.42 Å². The summed E-state index contributed by atoms with van der Waals surface area (Å²) in [4.78, 5) is 26.8. The molecule has 0 bridgehead atoms. The minimum atomic E-state index is -3.70. The summed E-state index contributed by atoms with van der Waals surface area (Å²) in [6.07, 6.45) is 3.68. The van der Waals surface area contributed by atoms with Crippen molar-refractivity contribution >= 4 is 49.8 Å². The molecule has 0 saturated carbocycles. The Morgan fingerprint density at radius 2 is 1.77 bits per heavy atom. The quantitative estimate of drug-likeness (QED) is 0.267. The lowest BCUT2D eigenvalue weighted by Crippen LogP contribution is -2.24. The second kappa shape index (κ2) is 11.6. The number of aryl methyl sites for hydroxylation is 2. The van der Waals surface area contributed by atoms with Crippen LogP contribution in [-0.2, 0) is 33.2 Å². The van der Waals surface area contributed by atoms with Gasteiger partial charge < -0.3 is 11.1 Å². The predicted octanol–water partition coefficient (Wildman–Crippen LogP) is 4.71. The van der Waals surface area contributed by atoms with Gasteiger partial charge in [0.25, 0.3) is 5.91 Å². The molecule has 2 amide bonds. The number of benzene rings is 2. The van der Waals surface area contributed by atoms with Crippen molar-refractivity contribution in [2.24, 2.45) is 5.73 Å². The zero-order chi connectivity index (χ0) is 28.4. The van der Waals surface area contributed by atoms with Crippen LogP contribution < -0.4 is 11.1 Å². The third-order valence-electron chi connectivity index (χ3n) is 6.72. The van der Waals surface area contributed by atoms with E-state index >= 15 is 0 Å². The first-order valence-corrected chi connectivity index (χ1v) is 16.2. The van der Waals surface area contributed by atoms with Crippen LogP contribution in [0.25, 0.3) is 5.69 Å². The van der Waals surface area contributed by atoms with Crippen molar-refractivity contribution in [3.8, 4) is 5.69 Å². The standard InChI is InChI=1S/C28H29N5O4S3/c1-17-12-14-20(15-13-17)40(36,37)16-23-31-32-28(33(23)19-8-4-3-5-9-19)38-18(2)26(35)30-27-24(25(29)34)21-10-6-7-11-22(21)39-27/h3-5,8-9,12-15,18H,6-7,10-11,16H2,1-2H3,(H2,29,34)(H,30,35). The molecule has 1 unspecified atom stereocenters. The van der Waals surface area contributed by atoms with Gasteiger partial charge in [0.1, 0.15) is 10.8 Å². The Morgan fingerprint density at radius 3 is 2.48 bits per heavy atom. The number of carbonyl (C=O) groups is 2. The van der Waals surface area contributed by atoms with Gasteiger partial charge in [0.2, 0.25) is 5.91 Å². The number of nitrogens with one attached hydrogen (secondary N) is 1. The Morgan fingerprint density at radius 1 is 1.07 bits per heavy atom. The van der Waals surface area contributed by atoms with Crippen molar-refractivity contribution in [2.45, 2.75) is 60.6 Å². The molecule has 1 aliphatic rings. The highest BCUT2D eigenvalue weighted by Gasteiger charge is 2.28. The van der Waals surface area contributed by atoms with Gasteiger partial charge >= 0.3 is 0 Å². The number of rotatable bonds is 9. The van der Waals surface area contributed by atoms with Gasteiger partial charge in [0.15, 0.2) is 20.8 Å². The molecule has 0 saturated heterocycles. The summed E-state index contributed by atoms with van der Waals surface area (Å²) in [7, 11) is -3.70. The second-order valence-corrected chi connectivity index (χ2v) is 14.1. The van der Waals surface area contributed by atoms with E-state index in [0.717, 1.165) is 53.4 Å². The molecule has 2 heterocycles. The van der Waals surface area contributed by atoms with E-state index in [2.05, 4.69) is 15.5 Å². The Balaban J connectivity index is 1.41. The van der Waals surface area contributed by atoms with Gasteiger partial charge in [-0.1, -0.05) is 47.7 Å². The molecule has 0 fully saturated rings. The fourth-order valence-corrected chi connectivity index (χ4v) is 8.07. The van der Waals surface area contributed by atoms with Crippen molar-refractivity contribution in [3.63, 3.8) is 0 Å². The number of hydrogen-bond acceptors (Lipinski definition) is 8. The molecule has 0 spiro atoms. The molecule has 2 aromatic carbocycles. The molecule has 3 N–H and O–H groups in total. The van der Waals surface area contributed by atoms with Crippen LogP contribution in [0.5, 0.6) is 0 Å². The van der Waals surface area contributed by atoms with Gasteiger partial charge in [-0.3, -0.25) is 14.2 Å². The molecule has 5 rings (SSSR count). The van der Waals surface area contributed by atoms with Crippen LogP contribution in [0, 0.1) is 6.92 Å². The van der Waals surface area contributed by atoms with Crippen LogP contribution in [0.15, 0.2) is 64.6 Å². The van der Waals surface area contributed by atoms with Crippen molar-refractivity contribution in [2.75, 3.05) is 5.32 Å². The predicted molar refractivity (Wildman–Crippen MR) is 157 cm³/mol. The van der Waals surface area contributed by atoms with Gasteiger partial charge in [0.05, 0.1) is 15.7 Å². The molecular weight excluding hydrogens is 567 g/mol. The zero-order valence-corrected chi connectivity index (χ0v) is 24.5. The third kappa shape index (κ3) is 5.84. The van der Waals surface area contributed by atoms with Gasteiger partial charge in [-0.2, -0.15) is 0 Å². The smallest absolute Gasteiger partial charge is 0.251 e. The molecule has 40 heavy (non-hydrogen) atoms. The number of thioether (sulfide) groups is 1. The minimum absolute atomic E-state index is 0.201. The monoisotopic (exact) mass is 595 g/mol. The minimum Gasteiger partial charge on any atom is -0.365 e. The number of sulfone groups is 1. The number of aromatic nitrogens is 3. The molecule has 9 nitrogen and oxygen atoms in total. The normalized spacial score (nSPS) is 13.9. The largest absolute Gasteiger partial charge is 0.365 e. The van der Waals surface area contributed by atoms with Gasteiger partial charge in [-0.05, 0) is 69.4 Å². The summed E-state index contributed by atoms with van der Waals surface area (Å²) >= 11 is 2.57. The fraction of sp³-hybridized carbons (Fsp3) is 0.286. The molecule has 2 aromatic heterocycles. The first kappa shape index (κ1) is 28.1. The SMILES string of the molecule is Cc1ccc(S(=O)(=O)Cc2nnc(SC(C)C(=O)Nc3sc4c(c3C(N)=O)CCCC4)n2-c2ccccc2)cc1. The van der Waals surface area contributed by atoms with E-state index in [4.69, 9.17) is 5.73 Å². The van der Waals surface area contributed by atoms with Crippen molar-refractivity contribution in [3.05, 3.63) is 82.0 Å². The number of nitrogens with two attached hydrogens (primary N) is 1. The molecule has 1 aliphatic carbocycles. The Labute approximate surface area is 241 Å². The van der Waals surface area contributed by atoms with E-state index in [1.165, 1.54) is 11.3 Å². The lowest BCUT2D eigenvalue weighted by atomic mass is 9.95. The molecule has 0 aliphatic heterocycles. The van der Waals surface area contributed by atoms with Gasteiger partial charge in [-0.15, -0.1) is 21.5 Å². The van der Waals surface area contributed by atoms with E-state index in [1.807, 2.05) is 37.3 Å². The maximum atomic E-state index is 13.3.